The molecule has 0 aliphatic carbocycles. The molecule has 2 heterocycles. The zero-order valence-corrected chi connectivity index (χ0v) is 19.6. The Kier molecular flexibility index (Phi) is 6.17. The molecule has 8 nitrogen and oxygen atoms in total. The summed E-state index contributed by atoms with van der Waals surface area (Å²) in [7, 11) is -3.20. The fourth-order valence-corrected chi connectivity index (χ4v) is 6.23. The van der Waals surface area contributed by atoms with Crippen LogP contribution in [0.4, 0.5) is 4.79 Å². The molecule has 0 aromatic heterocycles. The number of halogens is 2. The Labute approximate surface area is 187 Å². The minimum Gasteiger partial charge on any atom is -0.463 e. The van der Waals surface area contributed by atoms with Gasteiger partial charge in [-0.3, -0.25) is 9.69 Å². The Morgan fingerprint density at radius 3 is 2.76 bits per heavy atom. The number of nitrogens with zero attached hydrogens (tertiary/aromatic N) is 2. The molecule has 2 fully saturated rings. The summed E-state index contributed by atoms with van der Waals surface area (Å²) in [6.07, 6.45) is -0.947. The number of carboxylic acid groups (broad SMARTS) is 1. The highest BCUT2D eigenvalue weighted by Crippen LogP contribution is 2.37. The van der Waals surface area contributed by atoms with E-state index >= 15 is 0 Å². The predicted molar refractivity (Wildman–Crippen MR) is 118 cm³/mol. The van der Waals surface area contributed by atoms with E-state index in [1.807, 2.05) is 12.1 Å². The lowest BCUT2D eigenvalue weighted by molar-refractivity contribution is -0.132. The number of guanidine groups is 1. The lowest BCUT2D eigenvalue weighted by atomic mass is 9.86. The van der Waals surface area contributed by atoms with Gasteiger partial charge in [-0.05, 0) is 60.9 Å². The number of aliphatic imine (C=N–C) groups is 1. The molecule has 2 aliphatic heterocycles. The van der Waals surface area contributed by atoms with Crippen molar-refractivity contribution in [2.75, 3.05) is 5.75 Å². The Balaban J connectivity index is 1.99. The van der Waals surface area contributed by atoms with Crippen molar-refractivity contribution in [3.05, 3.63) is 32.4 Å². The largest absolute Gasteiger partial charge is 0.463 e. The topological polar surface area (TPSA) is 116 Å². The molecule has 3 atom stereocenters. The molecule has 29 heavy (non-hydrogen) atoms. The molecule has 11 heteroatoms. The molecule has 158 valence electrons. The molecule has 2 aliphatic rings. The third-order valence-corrected chi connectivity index (χ3v) is 9.30. The Hall–Kier alpha value is -1.40. The minimum atomic E-state index is -3.20. The summed E-state index contributed by atoms with van der Waals surface area (Å²) in [6.45, 7) is 3.37. The van der Waals surface area contributed by atoms with E-state index in [1.165, 1.54) is 4.90 Å². The first-order chi connectivity index (χ1) is 13.4. The molecule has 2 amide bonds. The molecule has 1 aromatic rings. The van der Waals surface area contributed by atoms with Crippen LogP contribution in [0.2, 0.25) is 5.02 Å². The second-order valence-electron chi connectivity index (χ2n) is 7.57. The maximum atomic E-state index is 13.2. The van der Waals surface area contributed by atoms with E-state index in [4.69, 9.17) is 11.6 Å². The monoisotopic (exact) mass is 553 g/mol. The summed E-state index contributed by atoms with van der Waals surface area (Å²) in [4.78, 5) is 29.4. The Morgan fingerprint density at radius 2 is 2.14 bits per heavy atom. The Bertz CT molecular complexity index is 999. The predicted octanol–water partition coefficient (Wildman–Crippen LogP) is 2.98. The van der Waals surface area contributed by atoms with Crippen molar-refractivity contribution in [2.24, 2.45) is 4.99 Å². The molecule has 0 saturated carbocycles. The average molecular weight is 554 g/mol. The van der Waals surface area contributed by atoms with E-state index in [1.54, 1.807) is 19.9 Å². The third kappa shape index (κ3) is 4.38. The average Bonchev–Trinajstić information content (AvgIpc) is 2.59. The first-order valence-electron chi connectivity index (χ1n) is 9.02. The van der Waals surface area contributed by atoms with Gasteiger partial charge in [-0.1, -0.05) is 23.7 Å². The van der Waals surface area contributed by atoms with Gasteiger partial charge in [0.2, 0.25) is 11.9 Å². The van der Waals surface area contributed by atoms with Crippen molar-refractivity contribution in [2.45, 2.75) is 49.9 Å². The van der Waals surface area contributed by atoms with Crippen molar-refractivity contribution in [3.8, 4) is 0 Å². The highest BCUT2D eigenvalue weighted by atomic mass is 127. The van der Waals surface area contributed by atoms with E-state index in [2.05, 4.69) is 32.9 Å². The van der Waals surface area contributed by atoms with Gasteiger partial charge in [0.25, 0.3) is 0 Å². The highest BCUT2D eigenvalue weighted by molar-refractivity contribution is 14.1. The fourth-order valence-electron chi connectivity index (χ4n) is 3.88. The van der Waals surface area contributed by atoms with Gasteiger partial charge in [-0.15, -0.1) is 4.99 Å². The van der Waals surface area contributed by atoms with E-state index in [9.17, 15) is 23.1 Å². The maximum absolute atomic E-state index is 13.2. The van der Waals surface area contributed by atoms with Crippen molar-refractivity contribution in [1.82, 2.24) is 10.2 Å². The number of hydrogen-bond donors (Lipinski definition) is 2. The number of nitrogens with one attached hydrogen (secondary N) is 1. The number of rotatable bonds is 2. The van der Waals surface area contributed by atoms with Crippen LogP contribution in [-0.4, -0.2) is 53.4 Å². The minimum absolute atomic E-state index is 0.0308. The summed E-state index contributed by atoms with van der Waals surface area (Å²) in [5.74, 6) is -0.469. The van der Waals surface area contributed by atoms with Gasteiger partial charge < -0.3 is 10.4 Å². The second kappa shape index (κ2) is 8.03. The van der Waals surface area contributed by atoms with Gasteiger partial charge in [0.05, 0.1) is 28.0 Å². The summed E-state index contributed by atoms with van der Waals surface area (Å²) in [6, 6.07) is 4.99. The lowest BCUT2D eigenvalue weighted by Crippen LogP contribution is -2.63. The lowest BCUT2D eigenvalue weighted by Gasteiger charge is -2.45. The molecule has 0 bridgehead atoms. The van der Waals surface area contributed by atoms with Gasteiger partial charge in [0.15, 0.2) is 9.84 Å². The smallest absolute Gasteiger partial charge is 0.434 e. The second-order valence-corrected chi connectivity index (χ2v) is 11.7. The summed E-state index contributed by atoms with van der Waals surface area (Å²) < 4.78 is 24.9. The van der Waals surface area contributed by atoms with Crippen molar-refractivity contribution in [3.63, 3.8) is 0 Å². The molecule has 2 saturated heterocycles. The van der Waals surface area contributed by atoms with Gasteiger partial charge in [0.1, 0.15) is 0 Å². The van der Waals surface area contributed by atoms with Gasteiger partial charge >= 0.3 is 6.09 Å². The van der Waals surface area contributed by atoms with Crippen LogP contribution in [0.1, 0.15) is 38.7 Å². The molecular formula is C18H21ClIN3O5S. The number of benzene rings is 1. The molecule has 2 N–H and O–H groups in total. The molecular weight excluding hydrogens is 533 g/mol. The van der Waals surface area contributed by atoms with E-state index in [-0.39, 0.29) is 36.9 Å². The zero-order valence-electron chi connectivity index (χ0n) is 15.9. The van der Waals surface area contributed by atoms with E-state index < -0.39 is 32.8 Å². The normalized spacial score (nSPS) is 30.8. The number of carbonyl (C=O) groups is 2. The third-order valence-electron chi connectivity index (χ3n) is 5.45. The van der Waals surface area contributed by atoms with Gasteiger partial charge in [-0.25, -0.2) is 13.2 Å². The van der Waals surface area contributed by atoms with Crippen LogP contribution in [0.5, 0.6) is 0 Å². The standard InChI is InChI=1S/C18H21ClIN3O5S/c1-10-8-11(6-7-29(10,27)28)23-14(24)9-18(2,22-16(23)21-17(25)26)12-4-3-5-13(20)15(12)19/h3-5,10-11H,6-9H2,1-2H3,(H,21,22)(H,25,26)/t10?,11?,18-/m0/s1. The fraction of sp³-hybridized carbons (Fsp3) is 0.500. The maximum Gasteiger partial charge on any atom is 0.434 e. The number of sulfone groups is 1. The van der Waals surface area contributed by atoms with Crippen molar-refractivity contribution in [1.29, 1.82) is 0 Å². The summed E-state index contributed by atoms with van der Waals surface area (Å²) in [5.41, 5.74) is -0.288. The van der Waals surface area contributed by atoms with Gasteiger partial charge in [0, 0.05) is 9.61 Å². The molecule has 0 spiro atoms. The van der Waals surface area contributed by atoms with Crippen LogP contribution < -0.4 is 5.32 Å². The molecule has 2 unspecified atom stereocenters. The van der Waals surface area contributed by atoms with Gasteiger partial charge in [-0.2, -0.15) is 0 Å². The molecule has 1 aromatic carbocycles. The van der Waals surface area contributed by atoms with Crippen LogP contribution in [-0.2, 0) is 20.2 Å². The van der Waals surface area contributed by atoms with Crippen LogP contribution >= 0.6 is 34.2 Å². The molecule has 3 rings (SSSR count). The first-order valence-corrected chi connectivity index (χ1v) is 12.2. The van der Waals surface area contributed by atoms with Crippen molar-refractivity contribution < 1.29 is 23.1 Å². The van der Waals surface area contributed by atoms with Crippen LogP contribution in [0.3, 0.4) is 0 Å². The SMILES string of the molecule is CC1CC(N2C(=O)C[C@@](C)(c3cccc(I)c3Cl)N/C2=N\C(=O)O)CCS1(=O)=O. The summed E-state index contributed by atoms with van der Waals surface area (Å²) >= 11 is 8.55. The van der Waals surface area contributed by atoms with Crippen LogP contribution in [0.15, 0.2) is 23.2 Å². The number of amides is 2. The number of hydrogen-bond acceptors (Lipinski definition) is 4. The Morgan fingerprint density at radius 1 is 1.45 bits per heavy atom. The van der Waals surface area contributed by atoms with Crippen LogP contribution in [0, 0.1) is 3.57 Å². The quantitative estimate of drug-likeness (QED) is 0.544. The summed E-state index contributed by atoms with van der Waals surface area (Å²) in [5, 5.41) is 12.2. The van der Waals surface area contributed by atoms with E-state index in [0.717, 1.165) is 3.57 Å². The molecule has 0 radical (unpaired) electrons. The van der Waals surface area contributed by atoms with Crippen LogP contribution in [0.25, 0.3) is 0 Å². The first kappa shape index (κ1) is 22.3. The number of carbonyl (C=O) groups excluding carboxylic acids is 1. The highest BCUT2D eigenvalue weighted by Gasteiger charge is 2.46. The van der Waals surface area contributed by atoms with Crippen molar-refractivity contribution >= 4 is 62.0 Å². The zero-order chi connectivity index (χ0) is 21.6. The van der Waals surface area contributed by atoms with E-state index in [0.29, 0.717) is 10.6 Å².